The highest BCUT2D eigenvalue weighted by Crippen LogP contribution is 2.31. The van der Waals surface area contributed by atoms with Gasteiger partial charge in [-0.25, -0.2) is 0 Å². The summed E-state index contributed by atoms with van der Waals surface area (Å²) < 4.78 is 5.77. The first kappa shape index (κ1) is 19.0. The molecule has 1 saturated carbocycles. The summed E-state index contributed by atoms with van der Waals surface area (Å²) in [7, 11) is 0. The smallest absolute Gasteiger partial charge is 0.313 e. The Hall–Kier alpha value is -1.78. The summed E-state index contributed by atoms with van der Waals surface area (Å²) in [6, 6.07) is 19.3. The van der Waals surface area contributed by atoms with Crippen molar-refractivity contribution in [3.05, 3.63) is 66.2 Å². The number of benzene rings is 2. The molecule has 3 rings (SSSR count). The van der Waals surface area contributed by atoms with E-state index < -0.39 is 12.0 Å². The van der Waals surface area contributed by atoms with Crippen LogP contribution in [0.5, 0.6) is 0 Å². The monoisotopic (exact) mass is 370 g/mol. The van der Waals surface area contributed by atoms with Crippen LogP contribution in [0.15, 0.2) is 65.6 Å². The van der Waals surface area contributed by atoms with Gasteiger partial charge < -0.3 is 9.84 Å². The van der Waals surface area contributed by atoms with Crippen LogP contribution in [0.1, 0.15) is 43.8 Å². The molecule has 3 nitrogen and oxygen atoms in total. The quantitative estimate of drug-likeness (QED) is 0.550. The van der Waals surface area contributed by atoms with Gasteiger partial charge in [0.25, 0.3) is 0 Å². The molecule has 0 heterocycles. The topological polar surface area (TPSA) is 46.5 Å². The molecule has 2 aromatic rings. The van der Waals surface area contributed by atoms with Crippen LogP contribution in [0.4, 0.5) is 0 Å². The van der Waals surface area contributed by atoms with Gasteiger partial charge in [-0.05, 0) is 43.4 Å². The first-order chi connectivity index (χ1) is 12.7. The Morgan fingerprint density at radius 2 is 1.62 bits per heavy atom. The van der Waals surface area contributed by atoms with E-state index in [1.54, 1.807) is 11.8 Å². The van der Waals surface area contributed by atoms with Gasteiger partial charge in [-0.2, -0.15) is 0 Å². The SMILES string of the molecule is O=C(OC1CCCCC1)[C@@H](CSc1ccccc1)[C@H](O)c1ccccc1. The molecule has 0 spiro atoms. The normalized spacial score (nSPS) is 17.4. The number of esters is 1. The van der Waals surface area contributed by atoms with E-state index in [0.29, 0.717) is 5.75 Å². The summed E-state index contributed by atoms with van der Waals surface area (Å²) in [5, 5.41) is 10.8. The molecule has 1 fully saturated rings. The van der Waals surface area contributed by atoms with Crippen LogP contribution in [0, 0.1) is 5.92 Å². The van der Waals surface area contributed by atoms with Gasteiger partial charge in [0.2, 0.25) is 0 Å². The highest BCUT2D eigenvalue weighted by molar-refractivity contribution is 7.99. The zero-order valence-electron chi connectivity index (χ0n) is 14.9. The lowest BCUT2D eigenvalue weighted by atomic mass is 9.95. The van der Waals surface area contributed by atoms with Crippen molar-refractivity contribution in [1.82, 2.24) is 0 Å². The maximum Gasteiger partial charge on any atom is 0.313 e. The molecule has 138 valence electrons. The third-order valence-electron chi connectivity index (χ3n) is 4.83. The second kappa shape index (κ2) is 9.79. The lowest BCUT2D eigenvalue weighted by molar-refractivity contribution is -0.158. The van der Waals surface area contributed by atoms with Crippen molar-refractivity contribution in [3.63, 3.8) is 0 Å². The standard InChI is InChI=1S/C22H26O3S/c23-21(17-10-4-1-5-11-17)20(16-26-19-14-8-3-9-15-19)22(24)25-18-12-6-2-7-13-18/h1,3-5,8-11,14-15,18,20-21,23H,2,6-7,12-13,16H2/t20-,21+/m0/s1. The van der Waals surface area contributed by atoms with E-state index in [9.17, 15) is 9.90 Å². The Balaban J connectivity index is 1.70. The fourth-order valence-electron chi connectivity index (χ4n) is 3.31. The lowest BCUT2D eigenvalue weighted by Crippen LogP contribution is -2.31. The molecule has 0 radical (unpaired) electrons. The van der Waals surface area contributed by atoms with Crippen LogP contribution in [0.25, 0.3) is 0 Å². The van der Waals surface area contributed by atoms with E-state index in [1.165, 1.54) is 6.42 Å². The van der Waals surface area contributed by atoms with Crippen molar-refractivity contribution in [2.24, 2.45) is 5.92 Å². The molecule has 1 N–H and O–H groups in total. The molecule has 2 atom stereocenters. The van der Waals surface area contributed by atoms with Gasteiger partial charge in [-0.3, -0.25) is 4.79 Å². The number of ether oxygens (including phenoxy) is 1. The number of rotatable bonds is 7. The molecule has 0 aromatic heterocycles. The van der Waals surface area contributed by atoms with Gasteiger partial charge in [-0.15, -0.1) is 11.8 Å². The fraction of sp³-hybridized carbons (Fsp3) is 0.409. The van der Waals surface area contributed by atoms with Crippen LogP contribution in [-0.4, -0.2) is 22.9 Å². The Bertz CT molecular complexity index is 668. The summed E-state index contributed by atoms with van der Waals surface area (Å²) in [5.41, 5.74) is 0.756. The number of hydrogen-bond donors (Lipinski definition) is 1. The zero-order chi connectivity index (χ0) is 18.2. The third kappa shape index (κ3) is 5.36. The highest BCUT2D eigenvalue weighted by Gasteiger charge is 2.31. The van der Waals surface area contributed by atoms with E-state index in [1.807, 2.05) is 60.7 Å². The van der Waals surface area contributed by atoms with Crippen LogP contribution in [0.2, 0.25) is 0 Å². The molecule has 2 aromatic carbocycles. The number of thioether (sulfide) groups is 1. The second-order valence-corrected chi connectivity index (χ2v) is 7.88. The van der Waals surface area contributed by atoms with E-state index in [0.717, 1.165) is 36.1 Å². The summed E-state index contributed by atoms with van der Waals surface area (Å²) in [6.07, 6.45) is 4.46. The first-order valence-electron chi connectivity index (χ1n) is 9.35. The van der Waals surface area contributed by atoms with E-state index >= 15 is 0 Å². The number of hydrogen-bond acceptors (Lipinski definition) is 4. The first-order valence-corrected chi connectivity index (χ1v) is 10.3. The second-order valence-electron chi connectivity index (χ2n) is 6.78. The number of carbonyl (C=O) groups excluding carboxylic acids is 1. The van der Waals surface area contributed by atoms with Gasteiger partial charge in [-0.1, -0.05) is 55.0 Å². The predicted octanol–water partition coefficient (Wildman–Crippen LogP) is 5.00. The Morgan fingerprint density at radius 1 is 1.00 bits per heavy atom. The molecule has 1 aliphatic rings. The van der Waals surface area contributed by atoms with Gasteiger partial charge in [0.15, 0.2) is 0 Å². The summed E-state index contributed by atoms with van der Waals surface area (Å²) >= 11 is 1.58. The molecule has 1 aliphatic carbocycles. The van der Waals surface area contributed by atoms with E-state index in [4.69, 9.17) is 4.74 Å². The van der Waals surface area contributed by atoms with Crippen LogP contribution in [0.3, 0.4) is 0 Å². The van der Waals surface area contributed by atoms with Crippen molar-refractivity contribution < 1.29 is 14.6 Å². The largest absolute Gasteiger partial charge is 0.462 e. The Kier molecular flexibility index (Phi) is 7.15. The van der Waals surface area contributed by atoms with Gasteiger partial charge in [0, 0.05) is 10.6 Å². The molecule has 4 heteroatoms. The summed E-state index contributed by atoms with van der Waals surface area (Å²) in [4.78, 5) is 13.9. The zero-order valence-corrected chi connectivity index (χ0v) is 15.7. The van der Waals surface area contributed by atoms with Crippen LogP contribution < -0.4 is 0 Å². The molecule has 0 amide bonds. The molecular formula is C22H26O3S. The predicted molar refractivity (Wildman–Crippen MR) is 105 cm³/mol. The Morgan fingerprint density at radius 3 is 2.27 bits per heavy atom. The van der Waals surface area contributed by atoms with Gasteiger partial charge in [0.05, 0.1) is 12.0 Å². The molecule has 0 bridgehead atoms. The van der Waals surface area contributed by atoms with Crippen molar-refractivity contribution >= 4 is 17.7 Å². The lowest BCUT2D eigenvalue weighted by Gasteiger charge is -2.27. The molecule has 26 heavy (non-hydrogen) atoms. The fourth-order valence-corrected chi connectivity index (χ4v) is 4.35. The minimum atomic E-state index is -0.858. The van der Waals surface area contributed by atoms with Crippen molar-refractivity contribution in [1.29, 1.82) is 0 Å². The third-order valence-corrected chi connectivity index (χ3v) is 5.96. The molecule has 0 aliphatic heterocycles. The summed E-state index contributed by atoms with van der Waals surface area (Å²) in [5.74, 6) is -0.368. The number of aliphatic hydroxyl groups is 1. The minimum absolute atomic E-state index is 0.00319. The van der Waals surface area contributed by atoms with Crippen molar-refractivity contribution in [2.45, 2.75) is 49.2 Å². The highest BCUT2D eigenvalue weighted by atomic mass is 32.2. The number of carbonyl (C=O) groups is 1. The van der Waals surface area contributed by atoms with Gasteiger partial charge in [0.1, 0.15) is 6.10 Å². The maximum absolute atomic E-state index is 12.9. The molecule has 0 saturated heterocycles. The minimum Gasteiger partial charge on any atom is -0.462 e. The maximum atomic E-state index is 12.9. The van der Waals surface area contributed by atoms with Crippen molar-refractivity contribution in [3.8, 4) is 0 Å². The van der Waals surface area contributed by atoms with Crippen molar-refractivity contribution in [2.75, 3.05) is 5.75 Å². The van der Waals surface area contributed by atoms with E-state index in [-0.39, 0.29) is 12.1 Å². The number of aliphatic hydroxyl groups excluding tert-OH is 1. The molecule has 0 unspecified atom stereocenters. The van der Waals surface area contributed by atoms with Crippen LogP contribution in [-0.2, 0) is 9.53 Å². The van der Waals surface area contributed by atoms with Gasteiger partial charge >= 0.3 is 5.97 Å². The average molecular weight is 371 g/mol. The Labute approximate surface area is 159 Å². The average Bonchev–Trinajstić information content (AvgIpc) is 2.70. The van der Waals surface area contributed by atoms with Crippen LogP contribution >= 0.6 is 11.8 Å². The molecular weight excluding hydrogens is 344 g/mol. The summed E-state index contributed by atoms with van der Waals surface area (Å²) in [6.45, 7) is 0. The van der Waals surface area contributed by atoms with E-state index in [2.05, 4.69) is 0 Å².